The van der Waals surface area contributed by atoms with Crippen molar-refractivity contribution >= 4 is 27.4 Å². The van der Waals surface area contributed by atoms with E-state index in [9.17, 15) is 0 Å². The Hall–Kier alpha value is -1.24. The standard InChI is InChI=1S/C22H34N4OS/c1-4-22(2,3)16-6-7-18-17(14-16)19-20(24-15-25-21(19)28-18)23-8-5-9-26-10-12-27-13-11-26/h15-16H,4-14H2,1-3H3,(H,23,24,25)/p+1/t16-/m1/s1. The average Bonchev–Trinajstić information content (AvgIpc) is 3.10. The van der Waals surface area contributed by atoms with Crippen molar-refractivity contribution in [2.45, 2.75) is 52.9 Å². The Balaban J connectivity index is 1.46. The fourth-order valence-electron chi connectivity index (χ4n) is 4.65. The highest BCUT2D eigenvalue weighted by Gasteiger charge is 2.33. The maximum absolute atomic E-state index is 5.46. The molecule has 5 nitrogen and oxygen atoms in total. The summed E-state index contributed by atoms with van der Waals surface area (Å²) in [6.07, 6.45) is 7.81. The number of anilines is 1. The van der Waals surface area contributed by atoms with Crippen molar-refractivity contribution in [1.29, 1.82) is 0 Å². The Kier molecular flexibility index (Phi) is 6.18. The Morgan fingerprint density at radius 3 is 2.89 bits per heavy atom. The van der Waals surface area contributed by atoms with Gasteiger partial charge in [0.05, 0.1) is 25.1 Å². The molecule has 0 radical (unpaired) electrons. The number of aromatic nitrogens is 2. The van der Waals surface area contributed by atoms with Gasteiger partial charge in [-0.1, -0.05) is 27.2 Å². The second-order valence-corrected chi connectivity index (χ2v) is 10.2. The third kappa shape index (κ3) is 4.19. The van der Waals surface area contributed by atoms with Crippen LogP contribution < -0.4 is 10.2 Å². The van der Waals surface area contributed by atoms with Crippen LogP contribution in [0, 0.1) is 11.3 Å². The van der Waals surface area contributed by atoms with Gasteiger partial charge < -0.3 is 15.0 Å². The molecule has 2 aliphatic rings. The SMILES string of the molecule is CCC(C)(C)[C@@H]1CCc2sc3ncnc(NCCC[NH+]4CCOCC4)c3c2C1. The van der Waals surface area contributed by atoms with Crippen molar-refractivity contribution in [1.82, 2.24) is 9.97 Å². The van der Waals surface area contributed by atoms with Gasteiger partial charge in [-0.3, -0.25) is 0 Å². The molecule has 0 bridgehead atoms. The van der Waals surface area contributed by atoms with Crippen LogP contribution in [-0.4, -0.2) is 49.4 Å². The summed E-state index contributed by atoms with van der Waals surface area (Å²) in [4.78, 5) is 13.6. The number of fused-ring (bicyclic) bond motifs is 3. The smallest absolute Gasteiger partial charge is 0.138 e. The molecule has 1 aliphatic carbocycles. The zero-order valence-electron chi connectivity index (χ0n) is 17.6. The van der Waals surface area contributed by atoms with Gasteiger partial charge in [-0.25, -0.2) is 9.97 Å². The first-order valence-electron chi connectivity index (χ1n) is 11.0. The van der Waals surface area contributed by atoms with E-state index in [2.05, 4.69) is 36.1 Å². The largest absolute Gasteiger partial charge is 0.370 e. The molecule has 0 amide bonds. The molecule has 6 heteroatoms. The third-order valence-corrected chi connectivity index (χ3v) is 8.26. The Morgan fingerprint density at radius 1 is 1.29 bits per heavy atom. The third-order valence-electron chi connectivity index (χ3n) is 7.06. The van der Waals surface area contributed by atoms with Crippen LogP contribution in [0.15, 0.2) is 6.33 Å². The Labute approximate surface area is 172 Å². The maximum atomic E-state index is 5.46. The van der Waals surface area contributed by atoms with Crippen molar-refractivity contribution in [3.05, 3.63) is 16.8 Å². The Bertz CT molecular complexity index is 797. The lowest BCUT2D eigenvalue weighted by molar-refractivity contribution is -0.908. The highest BCUT2D eigenvalue weighted by atomic mass is 32.1. The van der Waals surface area contributed by atoms with Gasteiger partial charge in [0.15, 0.2) is 0 Å². The predicted molar refractivity (Wildman–Crippen MR) is 116 cm³/mol. The molecule has 1 fully saturated rings. The number of quaternary nitrogens is 1. The zero-order chi connectivity index (χ0) is 19.6. The quantitative estimate of drug-likeness (QED) is 0.698. The van der Waals surface area contributed by atoms with E-state index >= 15 is 0 Å². The summed E-state index contributed by atoms with van der Waals surface area (Å²) < 4.78 is 5.46. The number of hydrogen-bond acceptors (Lipinski definition) is 5. The first-order chi connectivity index (χ1) is 13.6. The van der Waals surface area contributed by atoms with Crippen LogP contribution >= 0.6 is 11.3 Å². The molecule has 28 heavy (non-hydrogen) atoms. The topological polar surface area (TPSA) is 51.5 Å². The van der Waals surface area contributed by atoms with Gasteiger partial charge in [-0.15, -0.1) is 11.3 Å². The van der Waals surface area contributed by atoms with Crippen LogP contribution in [0.4, 0.5) is 5.82 Å². The van der Waals surface area contributed by atoms with E-state index in [-0.39, 0.29) is 0 Å². The number of nitrogens with one attached hydrogen (secondary N) is 2. The van der Waals surface area contributed by atoms with Gasteiger partial charge in [0.2, 0.25) is 0 Å². The van der Waals surface area contributed by atoms with E-state index in [1.165, 1.54) is 49.6 Å². The van der Waals surface area contributed by atoms with Gasteiger partial charge in [0, 0.05) is 17.8 Å². The lowest BCUT2D eigenvalue weighted by Crippen LogP contribution is -3.14. The number of thiophene rings is 1. The van der Waals surface area contributed by atoms with E-state index in [4.69, 9.17) is 4.74 Å². The van der Waals surface area contributed by atoms with Gasteiger partial charge >= 0.3 is 0 Å². The van der Waals surface area contributed by atoms with Gasteiger partial charge in [0.25, 0.3) is 0 Å². The van der Waals surface area contributed by atoms with Crippen molar-refractivity contribution in [3.8, 4) is 0 Å². The van der Waals surface area contributed by atoms with E-state index in [1.807, 2.05) is 11.3 Å². The fraction of sp³-hybridized carbons (Fsp3) is 0.727. The summed E-state index contributed by atoms with van der Waals surface area (Å²) in [5, 5.41) is 4.95. The van der Waals surface area contributed by atoms with E-state index in [0.717, 1.165) is 49.4 Å². The average molecular weight is 404 g/mol. The molecule has 0 unspecified atom stereocenters. The molecule has 2 N–H and O–H groups in total. The molecule has 0 spiro atoms. The summed E-state index contributed by atoms with van der Waals surface area (Å²) in [5.41, 5.74) is 1.93. The first-order valence-corrected chi connectivity index (χ1v) is 11.8. The fourth-order valence-corrected chi connectivity index (χ4v) is 5.84. The van der Waals surface area contributed by atoms with Crippen molar-refractivity contribution in [2.75, 3.05) is 44.7 Å². The van der Waals surface area contributed by atoms with Crippen LogP contribution in [0.3, 0.4) is 0 Å². The van der Waals surface area contributed by atoms with E-state index in [1.54, 1.807) is 16.1 Å². The van der Waals surface area contributed by atoms with Gasteiger partial charge in [0.1, 0.15) is 30.1 Å². The second kappa shape index (κ2) is 8.64. The van der Waals surface area contributed by atoms with Crippen molar-refractivity contribution < 1.29 is 9.64 Å². The molecule has 0 saturated carbocycles. The molecule has 0 aromatic carbocycles. The summed E-state index contributed by atoms with van der Waals surface area (Å²) in [6.45, 7) is 13.5. The zero-order valence-corrected chi connectivity index (χ0v) is 18.5. The number of ether oxygens (including phenoxy) is 1. The summed E-state index contributed by atoms with van der Waals surface area (Å²) in [6, 6.07) is 0. The molecule has 2 aromatic heterocycles. The maximum Gasteiger partial charge on any atom is 0.138 e. The minimum atomic E-state index is 0.399. The molecule has 1 saturated heterocycles. The second-order valence-electron chi connectivity index (χ2n) is 9.08. The first kappa shape index (κ1) is 20.0. The summed E-state index contributed by atoms with van der Waals surface area (Å²) in [7, 11) is 0. The molecule has 3 heterocycles. The van der Waals surface area contributed by atoms with Gasteiger partial charge in [-0.2, -0.15) is 0 Å². The monoisotopic (exact) mass is 403 g/mol. The minimum absolute atomic E-state index is 0.399. The lowest BCUT2D eigenvalue weighted by Gasteiger charge is -2.36. The van der Waals surface area contributed by atoms with Crippen LogP contribution in [-0.2, 0) is 17.6 Å². The van der Waals surface area contributed by atoms with Crippen LogP contribution in [0.25, 0.3) is 10.2 Å². The van der Waals surface area contributed by atoms with E-state index < -0.39 is 0 Å². The van der Waals surface area contributed by atoms with Crippen LogP contribution in [0.2, 0.25) is 0 Å². The van der Waals surface area contributed by atoms with Crippen molar-refractivity contribution in [2.24, 2.45) is 11.3 Å². The normalized spacial score (nSPS) is 21.0. The van der Waals surface area contributed by atoms with Crippen molar-refractivity contribution in [3.63, 3.8) is 0 Å². The highest BCUT2D eigenvalue weighted by Crippen LogP contribution is 2.45. The molecule has 4 rings (SSSR count). The van der Waals surface area contributed by atoms with E-state index in [0.29, 0.717) is 5.41 Å². The molecule has 1 atom stereocenters. The number of hydrogen-bond donors (Lipinski definition) is 2. The van der Waals surface area contributed by atoms with Crippen LogP contribution in [0.5, 0.6) is 0 Å². The van der Waals surface area contributed by atoms with Crippen LogP contribution in [0.1, 0.15) is 50.5 Å². The lowest BCUT2D eigenvalue weighted by atomic mass is 9.69. The molecule has 2 aromatic rings. The number of morpholine rings is 1. The minimum Gasteiger partial charge on any atom is -0.370 e. The summed E-state index contributed by atoms with van der Waals surface area (Å²) in [5.74, 6) is 1.80. The molecule has 154 valence electrons. The predicted octanol–water partition coefficient (Wildman–Crippen LogP) is 2.95. The number of rotatable bonds is 7. The Morgan fingerprint density at radius 2 is 2.11 bits per heavy atom. The number of aryl methyl sites for hydroxylation is 1. The highest BCUT2D eigenvalue weighted by molar-refractivity contribution is 7.19. The summed E-state index contributed by atoms with van der Waals surface area (Å²) >= 11 is 1.89. The molecule has 1 aliphatic heterocycles. The number of nitrogens with zero attached hydrogens (tertiary/aromatic N) is 2. The molecular weight excluding hydrogens is 368 g/mol. The van der Waals surface area contributed by atoms with Gasteiger partial charge in [-0.05, 0) is 36.2 Å². The molecular formula is C22H35N4OS+.